The zero-order chi connectivity index (χ0) is 14.3. The van der Waals surface area contributed by atoms with Crippen LogP contribution in [0.15, 0.2) is 0 Å². The number of aliphatic carboxylic acids is 2. The molecule has 0 radical (unpaired) electrons. The van der Waals surface area contributed by atoms with Crippen LogP contribution in [0.4, 0.5) is 9.59 Å². The molecule has 0 atom stereocenters. The molecule has 0 bridgehead atoms. The van der Waals surface area contributed by atoms with Crippen molar-refractivity contribution in [3.05, 3.63) is 0 Å². The van der Waals surface area contributed by atoms with Crippen LogP contribution in [0.25, 0.3) is 0 Å². The second kappa shape index (κ2) is 29.7. The Balaban J connectivity index is -0.0000000257. The average Bonchev–Trinajstić information content (AvgIpc) is 1.76. The van der Waals surface area contributed by atoms with Crippen LogP contribution in [0.5, 0.6) is 0 Å². The van der Waals surface area contributed by atoms with Crippen molar-refractivity contribution >= 4 is 24.2 Å². The summed E-state index contributed by atoms with van der Waals surface area (Å²) in [6.07, 6.45) is -4.67. The number of carboxylic acids is 2. The second-order valence-electron chi connectivity index (χ2n) is 1.48. The summed E-state index contributed by atoms with van der Waals surface area (Å²) in [5, 5.41) is 51.1. The van der Waals surface area contributed by atoms with Crippen LogP contribution in [0.2, 0.25) is 0 Å². The first-order chi connectivity index (χ1) is 6.93. The zero-order valence-electron chi connectivity index (χ0n) is 9.29. The standard InChI is InChI=1S/2C2H4O2.2CH2O3.Zn.Zr/c2*1-2(3)4;2*2-1(3)4;;/h2*1H3,(H,3,4);2*(H2,2,3,4);;/q;;;;+2;+4/p-6. The zero-order valence-corrected chi connectivity index (χ0v) is 14.7. The molecule has 0 spiro atoms. The molecule has 12 heteroatoms. The van der Waals surface area contributed by atoms with Crippen LogP contribution >= 0.6 is 0 Å². The van der Waals surface area contributed by atoms with Gasteiger partial charge in [-0.3, -0.25) is 0 Å². The summed E-state index contributed by atoms with van der Waals surface area (Å²) in [5.74, 6) is -2.17. The normalized spacial score (nSPS) is 5.44. The van der Waals surface area contributed by atoms with Crippen molar-refractivity contribution in [1.82, 2.24) is 0 Å². The van der Waals surface area contributed by atoms with Crippen LogP contribution in [0.3, 0.4) is 0 Å². The van der Waals surface area contributed by atoms with Gasteiger partial charge in [0.05, 0.1) is 0 Å². The van der Waals surface area contributed by atoms with Crippen molar-refractivity contribution in [3.8, 4) is 0 Å². The maximum atomic E-state index is 8.89. The molecule has 0 unspecified atom stereocenters. The molecule has 0 aliphatic rings. The van der Waals surface area contributed by atoms with Gasteiger partial charge < -0.3 is 49.8 Å². The third-order valence-electron chi connectivity index (χ3n) is 0. The van der Waals surface area contributed by atoms with Gasteiger partial charge in [-0.05, 0) is 26.2 Å². The van der Waals surface area contributed by atoms with Crippen molar-refractivity contribution in [2.24, 2.45) is 0 Å². The Bertz CT molecular complexity index is 166. The molecule has 10 nitrogen and oxygen atoms in total. The van der Waals surface area contributed by atoms with Gasteiger partial charge in [0, 0.05) is 11.9 Å². The molecule has 96 valence electrons. The van der Waals surface area contributed by atoms with Gasteiger partial charge in [-0.15, -0.1) is 0 Å². The maximum absolute atomic E-state index is 8.89. The predicted molar refractivity (Wildman–Crippen MR) is 32.2 cm³/mol. The van der Waals surface area contributed by atoms with E-state index in [4.69, 9.17) is 49.8 Å². The van der Waals surface area contributed by atoms with Gasteiger partial charge in [0.2, 0.25) is 0 Å². The number of rotatable bonds is 0. The van der Waals surface area contributed by atoms with E-state index in [0.29, 0.717) is 0 Å². The SMILES string of the molecule is CC(=O)[O-].CC(=O)[O-].O=C([O-])[O-].O=C([O-])[O-].[Zn+2].[Zr+4]. The second-order valence-corrected chi connectivity index (χ2v) is 1.48. The number of carboxylic acid groups (broad SMARTS) is 6. The smallest absolute Gasteiger partial charge is 0.652 e. The van der Waals surface area contributed by atoms with Crippen molar-refractivity contribution < 1.29 is 95.5 Å². The molecule has 0 aromatic rings. The van der Waals surface area contributed by atoms with E-state index >= 15 is 0 Å². The van der Waals surface area contributed by atoms with Gasteiger partial charge in [0.1, 0.15) is 0 Å². The summed E-state index contributed by atoms with van der Waals surface area (Å²) >= 11 is 0. The molecular formula is C6H6O10ZnZr. The molecule has 0 aromatic carbocycles. The van der Waals surface area contributed by atoms with E-state index in [-0.39, 0.29) is 45.7 Å². The maximum Gasteiger partial charge on any atom is 4.00 e. The molecule has 18 heavy (non-hydrogen) atoms. The fourth-order valence-electron chi connectivity index (χ4n) is 0. The van der Waals surface area contributed by atoms with E-state index in [9.17, 15) is 0 Å². The van der Waals surface area contributed by atoms with Crippen molar-refractivity contribution in [3.63, 3.8) is 0 Å². The Hall–Kier alpha value is -1.01. The Morgan fingerprint density at radius 2 is 0.611 bits per heavy atom. The molecule has 0 aliphatic carbocycles. The van der Waals surface area contributed by atoms with Crippen LogP contribution in [0.1, 0.15) is 13.8 Å². The molecule has 0 amide bonds. The summed E-state index contributed by atoms with van der Waals surface area (Å²) in [7, 11) is 0. The quantitative estimate of drug-likeness (QED) is 0.354. The van der Waals surface area contributed by atoms with E-state index in [1.807, 2.05) is 0 Å². The Morgan fingerprint density at radius 1 is 0.611 bits per heavy atom. The summed E-state index contributed by atoms with van der Waals surface area (Å²) in [6.45, 7) is 1.94. The third kappa shape index (κ3) is 2850. The fourth-order valence-corrected chi connectivity index (χ4v) is 0. The minimum atomic E-state index is -2.33. The molecule has 0 N–H and O–H groups in total. The largest absolute Gasteiger partial charge is 4.00 e. The number of carbonyl (C=O) groups is 4. The monoisotopic (exact) mass is 392 g/mol. The van der Waals surface area contributed by atoms with E-state index < -0.39 is 24.2 Å². The van der Waals surface area contributed by atoms with E-state index in [0.717, 1.165) is 13.8 Å². The minimum absolute atomic E-state index is 0. The summed E-state index contributed by atoms with van der Waals surface area (Å²) in [4.78, 5) is 34.4. The molecule has 0 saturated heterocycles. The van der Waals surface area contributed by atoms with E-state index in [2.05, 4.69) is 0 Å². The van der Waals surface area contributed by atoms with Gasteiger partial charge >= 0.3 is 45.7 Å². The molecule has 0 rings (SSSR count). The number of hydrogen-bond acceptors (Lipinski definition) is 10. The van der Waals surface area contributed by atoms with Gasteiger partial charge in [-0.1, -0.05) is 0 Å². The van der Waals surface area contributed by atoms with E-state index in [1.165, 1.54) is 0 Å². The van der Waals surface area contributed by atoms with E-state index in [1.54, 1.807) is 0 Å². The number of carbonyl (C=O) groups excluding carboxylic acids is 4. The van der Waals surface area contributed by atoms with Gasteiger partial charge in [0.25, 0.3) is 0 Å². The Labute approximate surface area is 133 Å². The predicted octanol–water partition coefficient (Wildman–Crippen LogP) is -7.39. The van der Waals surface area contributed by atoms with Crippen LogP contribution < -0.4 is 30.6 Å². The summed E-state index contributed by atoms with van der Waals surface area (Å²) in [5.41, 5.74) is 0. The van der Waals surface area contributed by atoms with Crippen molar-refractivity contribution in [2.75, 3.05) is 0 Å². The molecule has 0 heterocycles. The minimum Gasteiger partial charge on any atom is -0.652 e. The number of hydrogen-bond donors (Lipinski definition) is 0. The topological polar surface area (TPSA) is 207 Å². The molecular weight excluding hydrogens is 389 g/mol. The molecule has 0 aliphatic heterocycles. The fraction of sp³-hybridized carbons (Fsp3) is 0.333. The summed E-state index contributed by atoms with van der Waals surface area (Å²) in [6, 6.07) is 0. The van der Waals surface area contributed by atoms with Gasteiger partial charge in [-0.25, -0.2) is 0 Å². The first kappa shape index (κ1) is 36.0. The first-order valence-electron chi connectivity index (χ1n) is 3.04. The Morgan fingerprint density at radius 3 is 0.611 bits per heavy atom. The van der Waals surface area contributed by atoms with Crippen LogP contribution in [-0.4, -0.2) is 24.2 Å². The van der Waals surface area contributed by atoms with Gasteiger partial charge in [-0.2, -0.15) is 0 Å². The van der Waals surface area contributed by atoms with Crippen molar-refractivity contribution in [2.45, 2.75) is 13.8 Å². The Kier molecular flexibility index (Phi) is 59.4. The van der Waals surface area contributed by atoms with Gasteiger partial charge in [0.15, 0.2) is 0 Å². The van der Waals surface area contributed by atoms with Crippen LogP contribution in [-0.2, 0) is 55.3 Å². The van der Waals surface area contributed by atoms with Crippen LogP contribution in [0, 0.1) is 0 Å². The first-order valence-corrected chi connectivity index (χ1v) is 3.04. The summed E-state index contributed by atoms with van der Waals surface area (Å²) < 4.78 is 0. The average molecular weight is 395 g/mol. The van der Waals surface area contributed by atoms with Crippen molar-refractivity contribution in [1.29, 1.82) is 0 Å². The third-order valence-corrected chi connectivity index (χ3v) is 0. The molecule has 0 saturated carbocycles. The molecule has 0 fully saturated rings. The molecule has 0 aromatic heterocycles.